The summed E-state index contributed by atoms with van der Waals surface area (Å²) >= 11 is 0. The molecule has 2 rings (SSSR count). The number of nitrogens with one attached hydrogen (secondary N) is 1. The minimum atomic E-state index is -3.08. The molecule has 1 aliphatic carbocycles. The van der Waals surface area contributed by atoms with E-state index in [9.17, 15) is 23.1 Å². The molecular weight excluding hydrogens is 294 g/mol. The fourth-order valence-corrected chi connectivity index (χ4v) is 5.12. The van der Waals surface area contributed by atoms with Crippen molar-refractivity contribution in [3.8, 4) is 0 Å². The molecule has 1 amide bonds. The van der Waals surface area contributed by atoms with Crippen LogP contribution >= 0.6 is 0 Å². The summed E-state index contributed by atoms with van der Waals surface area (Å²) in [5.41, 5.74) is 0. The second-order valence-electron chi connectivity index (χ2n) is 6.26. The van der Waals surface area contributed by atoms with Crippen molar-refractivity contribution in [1.29, 1.82) is 0 Å². The smallest absolute Gasteiger partial charge is 0.307 e. The number of rotatable bonds is 4. The monoisotopic (exact) mass is 317 g/mol. The molecule has 0 bridgehead atoms. The van der Waals surface area contributed by atoms with E-state index in [4.69, 9.17) is 0 Å². The lowest BCUT2D eigenvalue weighted by Crippen LogP contribution is -2.46. The molecule has 1 heterocycles. The molecule has 1 saturated carbocycles. The van der Waals surface area contributed by atoms with Crippen LogP contribution in [0.1, 0.15) is 39.0 Å². The third-order valence-corrected chi connectivity index (χ3v) is 6.52. The number of aliphatic carboxylic acids is 1. The molecule has 21 heavy (non-hydrogen) atoms. The summed E-state index contributed by atoms with van der Waals surface area (Å²) in [6, 6.07) is -0.369. The maximum absolute atomic E-state index is 12.3. The van der Waals surface area contributed by atoms with E-state index < -0.39 is 27.6 Å². The summed E-state index contributed by atoms with van der Waals surface area (Å²) in [4.78, 5) is 23.6. The van der Waals surface area contributed by atoms with Crippen molar-refractivity contribution in [2.75, 3.05) is 11.5 Å². The molecular formula is C14H23NO5S. The number of carboxylic acid groups (broad SMARTS) is 1. The lowest BCUT2D eigenvalue weighted by Gasteiger charge is -2.25. The van der Waals surface area contributed by atoms with Gasteiger partial charge < -0.3 is 10.4 Å². The second kappa shape index (κ2) is 6.34. The number of carboxylic acids is 1. The summed E-state index contributed by atoms with van der Waals surface area (Å²) in [5, 5.41) is 12.0. The predicted octanol–water partition coefficient (Wildman–Crippen LogP) is 0.817. The number of sulfone groups is 1. The number of hydrogen-bond donors (Lipinski definition) is 2. The third-order valence-electron chi connectivity index (χ3n) is 4.70. The number of hydrogen-bond acceptors (Lipinski definition) is 4. The summed E-state index contributed by atoms with van der Waals surface area (Å²) in [6.45, 7) is 2.00. The van der Waals surface area contributed by atoms with Crippen LogP contribution in [0.5, 0.6) is 0 Å². The van der Waals surface area contributed by atoms with Gasteiger partial charge >= 0.3 is 5.97 Å². The summed E-state index contributed by atoms with van der Waals surface area (Å²) < 4.78 is 23.2. The van der Waals surface area contributed by atoms with E-state index in [0.717, 1.165) is 6.42 Å². The van der Waals surface area contributed by atoms with E-state index in [2.05, 4.69) is 5.32 Å². The van der Waals surface area contributed by atoms with Gasteiger partial charge in [0.15, 0.2) is 9.84 Å². The van der Waals surface area contributed by atoms with Crippen LogP contribution < -0.4 is 5.32 Å². The van der Waals surface area contributed by atoms with Crippen LogP contribution in [-0.4, -0.2) is 42.9 Å². The van der Waals surface area contributed by atoms with Crippen molar-refractivity contribution >= 4 is 21.7 Å². The van der Waals surface area contributed by atoms with E-state index >= 15 is 0 Å². The maximum Gasteiger partial charge on any atom is 0.307 e. The van der Waals surface area contributed by atoms with Crippen molar-refractivity contribution in [3.05, 3.63) is 0 Å². The Labute approximate surface area is 125 Å². The first-order valence-electron chi connectivity index (χ1n) is 7.56. The summed E-state index contributed by atoms with van der Waals surface area (Å²) in [6.07, 6.45) is 3.18. The summed E-state index contributed by atoms with van der Waals surface area (Å²) in [7, 11) is -3.08. The van der Waals surface area contributed by atoms with Gasteiger partial charge in [-0.05, 0) is 31.6 Å². The van der Waals surface area contributed by atoms with Crippen molar-refractivity contribution in [1.82, 2.24) is 5.32 Å². The minimum absolute atomic E-state index is 0.0274. The van der Waals surface area contributed by atoms with Crippen molar-refractivity contribution in [2.24, 2.45) is 17.8 Å². The number of carbonyl (C=O) groups is 2. The molecule has 0 radical (unpaired) electrons. The predicted molar refractivity (Wildman–Crippen MR) is 77.4 cm³/mol. The van der Waals surface area contributed by atoms with Crippen LogP contribution in [0.15, 0.2) is 0 Å². The Morgan fingerprint density at radius 3 is 2.48 bits per heavy atom. The first-order chi connectivity index (χ1) is 9.82. The first-order valence-corrected chi connectivity index (χ1v) is 9.38. The highest BCUT2D eigenvalue weighted by atomic mass is 32.2. The van der Waals surface area contributed by atoms with Crippen molar-refractivity contribution in [2.45, 2.75) is 45.1 Å². The molecule has 2 fully saturated rings. The molecule has 120 valence electrons. The van der Waals surface area contributed by atoms with Gasteiger partial charge in [-0.3, -0.25) is 9.59 Å². The topological polar surface area (TPSA) is 101 Å². The molecule has 0 aromatic carbocycles. The van der Waals surface area contributed by atoms with E-state index in [0.29, 0.717) is 25.7 Å². The molecule has 2 N–H and O–H groups in total. The lowest BCUT2D eigenvalue weighted by atomic mass is 9.95. The SMILES string of the molecule is CCC1C[C@H](C(=O)NC2CCCS(=O)(=O)C2)[C@H](C(=O)O)C1. The fourth-order valence-electron chi connectivity index (χ4n) is 3.48. The van der Waals surface area contributed by atoms with Crippen molar-refractivity contribution in [3.63, 3.8) is 0 Å². The highest BCUT2D eigenvalue weighted by molar-refractivity contribution is 7.91. The Morgan fingerprint density at radius 1 is 1.24 bits per heavy atom. The highest BCUT2D eigenvalue weighted by Crippen LogP contribution is 2.38. The Kier molecular flexibility index (Phi) is 4.91. The normalized spacial score (nSPS) is 35.3. The Balaban J connectivity index is 2.00. The van der Waals surface area contributed by atoms with Crippen LogP contribution in [0, 0.1) is 17.8 Å². The maximum atomic E-state index is 12.3. The lowest BCUT2D eigenvalue weighted by molar-refractivity contribution is -0.146. The average molecular weight is 317 g/mol. The largest absolute Gasteiger partial charge is 0.481 e. The van der Waals surface area contributed by atoms with Crippen LogP contribution in [0.25, 0.3) is 0 Å². The quantitative estimate of drug-likeness (QED) is 0.799. The van der Waals surface area contributed by atoms with Gasteiger partial charge in [0, 0.05) is 6.04 Å². The van der Waals surface area contributed by atoms with Crippen LogP contribution in [0.2, 0.25) is 0 Å². The van der Waals surface area contributed by atoms with E-state index in [1.165, 1.54) is 0 Å². The van der Waals surface area contributed by atoms with Gasteiger partial charge in [-0.15, -0.1) is 0 Å². The van der Waals surface area contributed by atoms with E-state index in [-0.39, 0.29) is 29.4 Å². The molecule has 2 aliphatic rings. The Bertz CT molecular complexity index is 515. The van der Waals surface area contributed by atoms with Crippen molar-refractivity contribution < 1.29 is 23.1 Å². The number of amides is 1. The first kappa shape index (κ1) is 16.3. The fraction of sp³-hybridized carbons (Fsp3) is 0.857. The molecule has 1 saturated heterocycles. The van der Waals surface area contributed by atoms with Crippen LogP contribution in [0.4, 0.5) is 0 Å². The molecule has 0 aromatic rings. The molecule has 6 nitrogen and oxygen atoms in total. The van der Waals surface area contributed by atoms with Gasteiger partial charge in [0.25, 0.3) is 0 Å². The van der Waals surface area contributed by atoms with Crippen LogP contribution in [-0.2, 0) is 19.4 Å². The molecule has 1 aliphatic heterocycles. The van der Waals surface area contributed by atoms with E-state index in [1.54, 1.807) is 0 Å². The zero-order chi connectivity index (χ0) is 15.6. The second-order valence-corrected chi connectivity index (χ2v) is 8.49. The van der Waals surface area contributed by atoms with E-state index in [1.807, 2.05) is 6.92 Å². The van der Waals surface area contributed by atoms with Gasteiger partial charge in [0.05, 0.1) is 23.3 Å². The Morgan fingerprint density at radius 2 is 1.90 bits per heavy atom. The van der Waals surface area contributed by atoms with Gasteiger partial charge in [0.1, 0.15) is 0 Å². The van der Waals surface area contributed by atoms with Gasteiger partial charge in [-0.25, -0.2) is 8.42 Å². The zero-order valence-corrected chi connectivity index (χ0v) is 13.1. The van der Waals surface area contributed by atoms with Crippen LogP contribution in [0.3, 0.4) is 0 Å². The average Bonchev–Trinajstić information content (AvgIpc) is 2.81. The Hall–Kier alpha value is -1.11. The van der Waals surface area contributed by atoms with Gasteiger partial charge in [0.2, 0.25) is 5.91 Å². The van der Waals surface area contributed by atoms with Gasteiger partial charge in [-0.1, -0.05) is 13.3 Å². The van der Waals surface area contributed by atoms with Gasteiger partial charge in [-0.2, -0.15) is 0 Å². The molecule has 0 aromatic heterocycles. The molecule has 2 unspecified atom stereocenters. The highest BCUT2D eigenvalue weighted by Gasteiger charge is 2.42. The molecule has 4 atom stereocenters. The zero-order valence-electron chi connectivity index (χ0n) is 12.2. The molecule has 7 heteroatoms. The third kappa shape index (κ3) is 3.96. The standard InChI is InChI=1S/C14H23NO5S/c1-2-9-6-11(12(7-9)14(17)18)13(16)15-10-4-3-5-21(19,20)8-10/h9-12H,2-8H2,1H3,(H,15,16)(H,17,18)/t9?,10?,11-,12+/m0/s1. The number of carbonyl (C=O) groups excluding carboxylic acids is 1. The minimum Gasteiger partial charge on any atom is -0.481 e. The molecule has 0 spiro atoms. The summed E-state index contributed by atoms with van der Waals surface area (Å²) in [5.74, 6) is -1.98.